The number of carbonyl (C=O) groups is 1. The number of aromatic nitrogens is 3. The number of hydrogen-bond donors (Lipinski definition) is 1. The van der Waals surface area contributed by atoms with Crippen LogP contribution >= 0.6 is 0 Å². The van der Waals surface area contributed by atoms with Gasteiger partial charge in [-0.25, -0.2) is 4.98 Å². The average molecular weight is 310 g/mol. The summed E-state index contributed by atoms with van der Waals surface area (Å²) < 4.78 is 6.96. The van der Waals surface area contributed by atoms with E-state index in [0.29, 0.717) is 12.3 Å². The van der Waals surface area contributed by atoms with Crippen LogP contribution in [0, 0.1) is 6.92 Å². The Morgan fingerprint density at radius 1 is 1.26 bits per heavy atom. The molecule has 0 fully saturated rings. The van der Waals surface area contributed by atoms with Crippen LogP contribution in [0.3, 0.4) is 0 Å². The van der Waals surface area contributed by atoms with Gasteiger partial charge in [-0.05, 0) is 38.1 Å². The molecule has 0 aliphatic rings. The predicted molar refractivity (Wildman–Crippen MR) is 88.3 cm³/mol. The molecule has 6 nitrogen and oxygen atoms in total. The van der Waals surface area contributed by atoms with Crippen molar-refractivity contribution < 1.29 is 9.53 Å². The Morgan fingerprint density at radius 2 is 2.13 bits per heavy atom. The van der Waals surface area contributed by atoms with Crippen molar-refractivity contribution in [2.24, 2.45) is 0 Å². The van der Waals surface area contributed by atoms with Crippen molar-refractivity contribution in [3.63, 3.8) is 0 Å². The van der Waals surface area contributed by atoms with Gasteiger partial charge < -0.3 is 10.1 Å². The first-order valence-corrected chi connectivity index (χ1v) is 7.49. The number of hydrogen-bond acceptors (Lipinski definition) is 5. The smallest absolute Gasteiger partial charge is 0.325 e. The van der Waals surface area contributed by atoms with E-state index in [2.05, 4.69) is 15.3 Å². The SMILES string of the molecule is CCOC(=O)CNc1c(-c2ccccn2)nc2cccc(C)n12. The number of nitrogens with zero attached hydrogens (tertiary/aromatic N) is 3. The highest BCUT2D eigenvalue weighted by Crippen LogP contribution is 2.28. The molecule has 0 amide bonds. The Kier molecular flexibility index (Phi) is 4.23. The van der Waals surface area contributed by atoms with E-state index in [1.54, 1.807) is 13.1 Å². The summed E-state index contributed by atoms with van der Waals surface area (Å²) in [7, 11) is 0. The number of rotatable bonds is 5. The molecule has 118 valence electrons. The van der Waals surface area contributed by atoms with Crippen molar-refractivity contribution >= 4 is 17.4 Å². The van der Waals surface area contributed by atoms with Gasteiger partial charge in [0, 0.05) is 11.9 Å². The zero-order valence-corrected chi connectivity index (χ0v) is 13.1. The van der Waals surface area contributed by atoms with Gasteiger partial charge in [-0.3, -0.25) is 14.2 Å². The van der Waals surface area contributed by atoms with Crippen LogP contribution in [0.1, 0.15) is 12.6 Å². The van der Waals surface area contributed by atoms with Crippen LogP contribution in [0.5, 0.6) is 0 Å². The van der Waals surface area contributed by atoms with E-state index < -0.39 is 0 Å². The predicted octanol–water partition coefficient (Wildman–Crippen LogP) is 2.68. The second kappa shape index (κ2) is 6.48. The summed E-state index contributed by atoms with van der Waals surface area (Å²) in [5.74, 6) is 0.438. The summed E-state index contributed by atoms with van der Waals surface area (Å²) in [5, 5.41) is 3.15. The van der Waals surface area contributed by atoms with Gasteiger partial charge in [0.1, 0.15) is 23.7 Å². The van der Waals surface area contributed by atoms with Crippen molar-refractivity contribution in [1.29, 1.82) is 0 Å². The molecule has 1 N–H and O–H groups in total. The van der Waals surface area contributed by atoms with E-state index in [1.807, 2.05) is 47.7 Å². The van der Waals surface area contributed by atoms with Crippen molar-refractivity contribution in [2.45, 2.75) is 13.8 Å². The van der Waals surface area contributed by atoms with Gasteiger partial charge in [-0.2, -0.15) is 0 Å². The summed E-state index contributed by atoms with van der Waals surface area (Å²) in [5.41, 5.74) is 3.28. The minimum Gasteiger partial charge on any atom is -0.465 e. The number of pyridine rings is 2. The topological polar surface area (TPSA) is 68.5 Å². The van der Waals surface area contributed by atoms with E-state index in [0.717, 1.165) is 22.9 Å². The molecule has 0 aliphatic heterocycles. The Balaban J connectivity index is 2.07. The Hall–Kier alpha value is -2.89. The molecule has 3 rings (SSSR count). The highest BCUT2D eigenvalue weighted by atomic mass is 16.5. The maximum atomic E-state index is 11.7. The lowest BCUT2D eigenvalue weighted by molar-refractivity contribution is -0.140. The molecule has 0 atom stereocenters. The highest BCUT2D eigenvalue weighted by Gasteiger charge is 2.17. The van der Waals surface area contributed by atoms with Crippen LogP contribution in [0.4, 0.5) is 5.82 Å². The van der Waals surface area contributed by atoms with E-state index in [9.17, 15) is 4.79 Å². The number of carbonyl (C=O) groups excluding carboxylic acids is 1. The summed E-state index contributed by atoms with van der Waals surface area (Å²) >= 11 is 0. The molecule has 0 saturated carbocycles. The molecule has 0 bridgehead atoms. The van der Waals surface area contributed by atoms with Gasteiger partial charge in [0.15, 0.2) is 0 Å². The Morgan fingerprint density at radius 3 is 2.87 bits per heavy atom. The molecular weight excluding hydrogens is 292 g/mol. The van der Waals surface area contributed by atoms with Gasteiger partial charge in [-0.15, -0.1) is 0 Å². The third-order valence-electron chi connectivity index (χ3n) is 3.45. The van der Waals surface area contributed by atoms with E-state index in [-0.39, 0.29) is 12.5 Å². The largest absolute Gasteiger partial charge is 0.465 e. The second-order valence-electron chi connectivity index (χ2n) is 5.04. The van der Waals surface area contributed by atoms with E-state index in [1.165, 1.54) is 0 Å². The third kappa shape index (κ3) is 3.01. The summed E-state index contributed by atoms with van der Waals surface area (Å²) in [4.78, 5) is 20.7. The first-order chi connectivity index (χ1) is 11.2. The molecule has 0 spiro atoms. The van der Waals surface area contributed by atoms with Crippen LogP contribution in [0.25, 0.3) is 17.0 Å². The number of fused-ring (bicyclic) bond motifs is 1. The lowest BCUT2D eigenvalue weighted by Gasteiger charge is -2.09. The Labute approximate surface area is 134 Å². The molecule has 0 unspecified atom stereocenters. The number of ether oxygens (including phenoxy) is 1. The van der Waals surface area contributed by atoms with Crippen LogP contribution in [-0.4, -0.2) is 33.5 Å². The molecule has 3 aromatic heterocycles. The first kappa shape index (κ1) is 15.0. The van der Waals surface area contributed by atoms with Crippen molar-refractivity contribution in [1.82, 2.24) is 14.4 Å². The number of nitrogens with one attached hydrogen (secondary N) is 1. The average Bonchev–Trinajstić information content (AvgIpc) is 2.94. The van der Waals surface area contributed by atoms with E-state index in [4.69, 9.17) is 4.74 Å². The van der Waals surface area contributed by atoms with Crippen molar-refractivity contribution in [2.75, 3.05) is 18.5 Å². The number of anilines is 1. The zero-order chi connectivity index (χ0) is 16.2. The van der Waals surface area contributed by atoms with Gasteiger partial charge in [0.05, 0.1) is 12.3 Å². The van der Waals surface area contributed by atoms with Gasteiger partial charge >= 0.3 is 5.97 Å². The fourth-order valence-corrected chi connectivity index (χ4v) is 2.47. The standard InChI is InChI=1S/C17H18N4O2/c1-3-23-15(22)11-19-17-16(13-8-4-5-10-18-13)20-14-9-6-7-12(2)21(14)17/h4-10,19H,3,11H2,1-2H3. The Bertz CT molecular complexity index is 827. The van der Waals surface area contributed by atoms with Crippen molar-refractivity contribution in [3.05, 3.63) is 48.3 Å². The molecule has 0 saturated heterocycles. The molecule has 0 aliphatic carbocycles. The summed E-state index contributed by atoms with van der Waals surface area (Å²) in [6.45, 7) is 4.22. The van der Waals surface area contributed by atoms with Crippen LogP contribution in [0.15, 0.2) is 42.6 Å². The summed E-state index contributed by atoms with van der Waals surface area (Å²) in [6, 6.07) is 11.5. The van der Waals surface area contributed by atoms with Gasteiger partial charge in [0.25, 0.3) is 0 Å². The third-order valence-corrected chi connectivity index (χ3v) is 3.45. The number of esters is 1. The fraction of sp³-hybridized carbons (Fsp3) is 0.235. The van der Waals surface area contributed by atoms with Crippen LogP contribution in [0.2, 0.25) is 0 Å². The molecule has 0 radical (unpaired) electrons. The summed E-state index contributed by atoms with van der Waals surface area (Å²) in [6.07, 6.45) is 1.72. The quantitative estimate of drug-likeness (QED) is 0.734. The van der Waals surface area contributed by atoms with Crippen molar-refractivity contribution in [3.8, 4) is 11.4 Å². The second-order valence-corrected chi connectivity index (χ2v) is 5.04. The molecule has 3 aromatic rings. The lowest BCUT2D eigenvalue weighted by atomic mass is 10.2. The molecule has 23 heavy (non-hydrogen) atoms. The fourth-order valence-electron chi connectivity index (χ4n) is 2.47. The van der Waals surface area contributed by atoms with Crippen LogP contribution in [-0.2, 0) is 9.53 Å². The molecule has 6 heteroatoms. The number of imidazole rings is 1. The van der Waals surface area contributed by atoms with Gasteiger partial charge in [0.2, 0.25) is 0 Å². The molecule has 3 heterocycles. The maximum Gasteiger partial charge on any atom is 0.325 e. The maximum absolute atomic E-state index is 11.7. The zero-order valence-electron chi connectivity index (χ0n) is 13.1. The molecular formula is C17H18N4O2. The van der Waals surface area contributed by atoms with Gasteiger partial charge in [-0.1, -0.05) is 12.1 Å². The first-order valence-electron chi connectivity index (χ1n) is 7.49. The highest BCUT2D eigenvalue weighted by molar-refractivity contribution is 5.80. The normalized spacial score (nSPS) is 10.7. The van der Waals surface area contributed by atoms with Crippen LogP contribution < -0.4 is 5.32 Å². The minimum atomic E-state index is -0.303. The number of aryl methyl sites for hydroxylation is 1. The van der Waals surface area contributed by atoms with E-state index >= 15 is 0 Å². The minimum absolute atomic E-state index is 0.0792. The molecule has 0 aromatic carbocycles. The lowest BCUT2D eigenvalue weighted by Crippen LogP contribution is -2.18. The monoisotopic (exact) mass is 310 g/mol.